The number of amides is 1. The van der Waals surface area contributed by atoms with Crippen molar-refractivity contribution in [2.75, 3.05) is 11.9 Å². The highest BCUT2D eigenvalue weighted by atomic mass is 35.5. The van der Waals surface area contributed by atoms with Gasteiger partial charge in [-0.25, -0.2) is 0 Å². The van der Waals surface area contributed by atoms with Crippen molar-refractivity contribution in [1.82, 2.24) is 5.32 Å². The third kappa shape index (κ3) is 3.22. The summed E-state index contributed by atoms with van der Waals surface area (Å²) >= 11 is 0. The van der Waals surface area contributed by atoms with Gasteiger partial charge < -0.3 is 10.6 Å². The van der Waals surface area contributed by atoms with Crippen LogP contribution in [0.3, 0.4) is 0 Å². The van der Waals surface area contributed by atoms with Crippen molar-refractivity contribution in [1.29, 1.82) is 0 Å². The number of halogens is 1. The summed E-state index contributed by atoms with van der Waals surface area (Å²) < 4.78 is 0. The first-order valence-electron chi connectivity index (χ1n) is 5.36. The first-order valence-corrected chi connectivity index (χ1v) is 5.36. The van der Waals surface area contributed by atoms with Crippen LogP contribution in [0.15, 0.2) is 24.3 Å². The van der Waals surface area contributed by atoms with Crippen LogP contribution in [0.25, 0.3) is 0 Å². The van der Waals surface area contributed by atoms with E-state index in [2.05, 4.69) is 10.6 Å². The smallest absolute Gasteiger partial charge is 0.241 e. The molecule has 2 N–H and O–H groups in total. The van der Waals surface area contributed by atoms with Gasteiger partial charge >= 0.3 is 0 Å². The molecule has 0 aliphatic carbocycles. The first kappa shape index (κ1) is 13.0. The average Bonchev–Trinajstić information content (AvgIpc) is 2.70. The average molecular weight is 241 g/mol. The molecule has 1 aromatic rings. The van der Waals surface area contributed by atoms with E-state index < -0.39 is 0 Å². The third-order valence-electron chi connectivity index (χ3n) is 2.66. The van der Waals surface area contributed by atoms with Crippen LogP contribution in [0.4, 0.5) is 5.69 Å². The van der Waals surface area contributed by atoms with Crippen LogP contribution < -0.4 is 10.6 Å². The summed E-state index contributed by atoms with van der Waals surface area (Å²) in [7, 11) is 0. The van der Waals surface area contributed by atoms with Gasteiger partial charge in [-0.05, 0) is 44.0 Å². The maximum Gasteiger partial charge on any atom is 0.241 e. The van der Waals surface area contributed by atoms with E-state index in [0.717, 1.165) is 30.6 Å². The molecule has 0 radical (unpaired) electrons. The summed E-state index contributed by atoms with van der Waals surface area (Å²) in [6.45, 7) is 2.97. The molecule has 4 heteroatoms. The van der Waals surface area contributed by atoms with E-state index in [1.165, 1.54) is 0 Å². The van der Waals surface area contributed by atoms with Gasteiger partial charge in [0.1, 0.15) is 0 Å². The lowest BCUT2D eigenvalue weighted by atomic mass is 10.2. The Morgan fingerprint density at radius 1 is 1.50 bits per heavy atom. The standard InChI is InChI=1S/C12H16N2O.ClH/c1-9-4-2-5-10(8-9)14-12(15)11-6-3-7-13-11;/h2,4-5,8,11,13H,3,6-7H2,1H3,(H,14,15);1H/t11-;/m0./s1. The molecular formula is C12H17ClN2O. The van der Waals surface area contributed by atoms with Crippen LogP contribution in [0.2, 0.25) is 0 Å². The normalized spacial score (nSPS) is 18.9. The number of hydrogen-bond acceptors (Lipinski definition) is 2. The van der Waals surface area contributed by atoms with Crippen molar-refractivity contribution in [2.24, 2.45) is 0 Å². The van der Waals surface area contributed by atoms with E-state index in [1.54, 1.807) is 0 Å². The van der Waals surface area contributed by atoms with Gasteiger partial charge in [0, 0.05) is 5.69 Å². The Balaban J connectivity index is 0.00000128. The van der Waals surface area contributed by atoms with Crippen LogP contribution in [0, 0.1) is 6.92 Å². The van der Waals surface area contributed by atoms with E-state index in [0.29, 0.717) is 0 Å². The van der Waals surface area contributed by atoms with Crippen LogP contribution >= 0.6 is 12.4 Å². The Labute approximate surface area is 102 Å². The highest BCUT2D eigenvalue weighted by Gasteiger charge is 2.21. The highest BCUT2D eigenvalue weighted by Crippen LogP contribution is 2.12. The summed E-state index contributed by atoms with van der Waals surface area (Å²) in [6, 6.07) is 7.86. The fourth-order valence-corrected chi connectivity index (χ4v) is 1.86. The summed E-state index contributed by atoms with van der Waals surface area (Å²) in [5.74, 6) is 0.0816. The number of aryl methyl sites for hydroxylation is 1. The Hall–Kier alpha value is -1.06. The molecule has 2 rings (SSSR count). The van der Waals surface area contributed by atoms with Crippen LogP contribution in [-0.2, 0) is 4.79 Å². The number of benzene rings is 1. The van der Waals surface area contributed by atoms with Gasteiger partial charge in [0.2, 0.25) is 5.91 Å². The highest BCUT2D eigenvalue weighted by molar-refractivity contribution is 5.95. The number of carbonyl (C=O) groups excluding carboxylic acids is 1. The van der Waals surface area contributed by atoms with Crippen LogP contribution in [0.1, 0.15) is 18.4 Å². The molecule has 88 valence electrons. The van der Waals surface area contributed by atoms with Crippen molar-refractivity contribution in [3.8, 4) is 0 Å². The Bertz CT molecular complexity index is 362. The zero-order valence-corrected chi connectivity index (χ0v) is 10.1. The fraction of sp³-hybridized carbons (Fsp3) is 0.417. The minimum atomic E-state index is -0.00878. The fourth-order valence-electron chi connectivity index (χ4n) is 1.86. The maximum atomic E-state index is 11.8. The molecule has 1 saturated heterocycles. The first-order chi connectivity index (χ1) is 7.25. The predicted octanol–water partition coefficient (Wildman–Crippen LogP) is 2.11. The van der Waals surface area contributed by atoms with Crippen molar-refractivity contribution >= 4 is 24.0 Å². The topological polar surface area (TPSA) is 41.1 Å². The molecule has 1 heterocycles. The van der Waals surface area contributed by atoms with E-state index >= 15 is 0 Å². The molecule has 1 aliphatic rings. The number of rotatable bonds is 2. The lowest BCUT2D eigenvalue weighted by Crippen LogP contribution is -2.35. The van der Waals surface area contributed by atoms with Crippen LogP contribution in [-0.4, -0.2) is 18.5 Å². The van der Waals surface area contributed by atoms with Gasteiger partial charge in [0.15, 0.2) is 0 Å². The van der Waals surface area contributed by atoms with Gasteiger partial charge in [-0.15, -0.1) is 12.4 Å². The monoisotopic (exact) mass is 240 g/mol. The van der Waals surface area contributed by atoms with Gasteiger partial charge in [-0.1, -0.05) is 12.1 Å². The third-order valence-corrected chi connectivity index (χ3v) is 2.66. The molecule has 1 amide bonds. The summed E-state index contributed by atoms with van der Waals surface area (Å²) in [5, 5.41) is 6.10. The molecule has 1 aromatic carbocycles. The van der Waals surface area contributed by atoms with E-state index in [9.17, 15) is 4.79 Å². The SMILES string of the molecule is Cc1cccc(NC(=O)[C@@H]2CCCN2)c1.Cl. The molecule has 1 atom stereocenters. The van der Waals surface area contributed by atoms with Crippen LogP contribution in [0.5, 0.6) is 0 Å². The Morgan fingerprint density at radius 2 is 2.31 bits per heavy atom. The lowest BCUT2D eigenvalue weighted by molar-refractivity contribution is -0.117. The molecule has 3 nitrogen and oxygen atoms in total. The molecule has 0 unspecified atom stereocenters. The molecule has 0 saturated carbocycles. The second kappa shape index (κ2) is 5.87. The number of nitrogens with one attached hydrogen (secondary N) is 2. The molecule has 0 bridgehead atoms. The maximum absolute atomic E-state index is 11.8. The second-order valence-electron chi connectivity index (χ2n) is 4.01. The molecular weight excluding hydrogens is 224 g/mol. The van der Waals surface area contributed by atoms with Gasteiger partial charge in [0.25, 0.3) is 0 Å². The van der Waals surface area contributed by atoms with E-state index in [4.69, 9.17) is 0 Å². The lowest BCUT2D eigenvalue weighted by Gasteiger charge is -2.11. The molecule has 1 aliphatic heterocycles. The minimum absolute atomic E-state index is 0. The van der Waals surface area contributed by atoms with Gasteiger partial charge in [0.05, 0.1) is 6.04 Å². The zero-order chi connectivity index (χ0) is 10.7. The summed E-state index contributed by atoms with van der Waals surface area (Å²) in [5.41, 5.74) is 2.04. The number of carbonyl (C=O) groups is 1. The number of anilines is 1. The molecule has 0 aromatic heterocycles. The summed E-state index contributed by atoms with van der Waals surface area (Å²) in [4.78, 5) is 11.8. The van der Waals surface area contributed by atoms with E-state index in [-0.39, 0.29) is 24.4 Å². The predicted molar refractivity (Wildman–Crippen MR) is 68.1 cm³/mol. The molecule has 0 spiro atoms. The van der Waals surface area contributed by atoms with Gasteiger partial charge in [-0.3, -0.25) is 4.79 Å². The zero-order valence-electron chi connectivity index (χ0n) is 9.32. The van der Waals surface area contributed by atoms with Crippen molar-refractivity contribution in [3.05, 3.63) is 29.8 Å². The van der Waals surface area contributed by atoms with Crippen molar-refractivity contribution in [2.45, 2.75) is 25.8 Å². The van der Waals surface area contributed by atoms with Crippen molar-refractivity contribution < 1.29 is 4.79 Å². The van der Waals surface area contributed by atoms with Crippen molar-refractivity contribution in [3.63, 3.8) is 0 Å². The Kier molecular flexibility index (Phi) is 4.77. The van der Waals surface area contributed by atoms with Gasteiger partial charge in [-0.2, -0.15) is 0 Å². The van der Waals surface area contributed by atoms with E-state index in [1.807, 2.05) is 31.2 Å². The second-order valence-corrected chi connectivity index (χ2v) is 4.01. The minimum Gasteiger partial charge on any atom is -0.325 e. The largest absolute Gasteiger partial charge is 0.325 e. The molecule has 16 heavy (non-hydrogen) atoms. The number of hydrogen-bond donors (Lipinski definition) is 2. The molecule has 1 fully saturated rings. The Morgan fingerprint density at radius 3 is 2.94 bits per heavy atom. The summed E-state index contributed by atoms with van der Waals surface area (Å²) in [6.07, 6.45) is 2.03. The quantitative estimate of drug-likeness (QED) is 0.832.